The van der Waals surface area contributed by atoms with Gasteiger partial charge < -0.3 is 20.6 Å². The van der Waals surface area contributed by atoms with Gasteiger partial charge in [0.05, 0.1) is 41.0 Å². The van der Waals surface area contributed by atoms with Gasteiger partial charge in [0.25, 0.3) is 0 Å². The highest BCUT2D eigenvalue weighted by Crippen LogP contribution is 2.49. The number of anilines is 3. The number of hydrogen-bond donors (Lipinski definition) is 3. The van der Waals surface area contributed by atoms with Crippen molar-refractivity contribution in [3.63, 3.8) is 0 Å². The van der Waals surface area contributed by atoms with Gasteiger partial charge >= 0.3 is 0 Å². The normalized spacial score (nSPS) is 19.6. The molecule has 5 rings (SSSR count). The summed E-state index contributed by atoms with van der Waals surface area (Å²) in [7, 11) is 0. The number of rotatable bonds is 6. The number of thioether (sulfide) groups is 1. The maximum atomic E-state index is 9.75. The molecule has 5 nitrogen and oxygen atoms in total. The zero-order valence-electron chi connectivity index (χ0n) is 18.0. The van der Waals surface area contributed by atoms with Crippen LogP contribution in [0.25, 0.3) is 17.0 Å². The smallest absolute Gasteiger partial charge is 0.138 e. The Morgan fingerprint density at radius 2 is 2.13 bits per heavy atom. The van der Waals surface area contributed by atoms with Crippen molar-refractivity contribution in [2.24, 2.45) is 0 Å². The molecule has 1 aromatic carbocycles. The van der Waals surface area contributed by atoms with Gasteiger partial charge in [-0.15, -0.1) is 11.8 Å². The topological polar surface area (TPSA) is 60.4 Å². The highest BCUT2D eigenvalue weighted by molar-refractivity contribution is 7.98. The van der Waals surface area contributed by atoms with Crippen LogP contribution in [-0.2, 0) is 0 Å². The first-order valence-electron chi connectivity index (χ1n) is 11.0. The Labute approximate surface area is 183 Å². The molecule has 6 heteroatoms. The molecule has 3 N–H and O–H groups in total. The molecule has 0 radical (unpaired) electrons. The Kier molecular flexibility index (Phi) is 5.15. The first-order valence-corrected chi connectivity index (χ1v) is 12.2. The minimum Gasteiger partial charge on any atom is -0.394 e. The lowest BCUT2D eigenvalue weighted by Crippen LogP contribution is -2.32. The molecule has 0 amide bonds. The van der Waals surface area contributed by atoms with Crippen molar-refractivity contribution in [3.8, 4) is 11.3 Å². The van der Waals surface area contributed by atoms with Gasteiger partial charge in [-0.2, -0.15) is 0 Å². The second-order valence-corrected chi connectivity index (χ2v) is 9.59. The molecular weight excluding hydrogens is 392 g/mol. The second-order valence-electron chi connectivity index (χ2n) is 8.74. The third-order valence-corrected chi connectivity index (χ3v) is 6.95. The van der Waals surface area contributed by atoms with E-state index in [9.17, 15) is 5.11 Å². The Balaban J connectivity index is 1.53. The van der Waals surface area contributed by atoms with E-state index < -0.39 is 0 Å². The number of aromatic nitrogens is 1. The zero-order chi connectivity index (χ0) is 20.8. The molecule has 3 heterocycles. The van der Waals surface area contributed by atoms with Crippen LogP contribution in [-0.4, -0.2) is 41.6 Å². The molecule has 1 aliphatic carbocycles. The largest absolute Gasteiger partial charge is 0.394 e. The number of aliphatic hydroxyl groups excluding tert-OH is 1. The van der Waals surface area contributed by atoms with Gasteiger partial charge in [0.1, 0.15) is 5.82 Å². The molecule has 0 spiro atoms. The SMILES string of the molecule is CSc1cc(-c2cc3c(c(NC(C)C)n2)C(=C2CC2)N3)ccc1N1CCCC1CO. The van der Waals surface area contributed by atoms with Crippen LogP contribution in [0, 0.1) is 0 Å². The van der Waals surface area contributed by atoms with Gasteiger partial charge in [-0.1, -0.05) is 6.07 Å². The highest BCUT2D eigenvalue weighted by Gasteiger charge is 2.32. The number of benzene rings is 1. The standard InChI is InChI=1S/C24H30N4OS/c1-14(2)25-24-22-19(26-23(22)15-6-7-15)12-18(27-24)16-8-9-20(21(11-16)30-3)28-10-4-5-17(28)13-29/h8-9,11-12,14,17,26,29H,4-7,10,13H2,1-3H3,(H,25,27). The average molecular weight is 423 g/mol. The number of aliphatic hydroxyl groups is 1. The van der Waals surface area contributed by atoms with E-state index in [1.165, 1.54) is 45.9 Å². The minimum absolute atomic E-state index is 0.218. The second kappa shape index (κ2) is 7.82. The molecule has 1 unspecified atom stereocenters. The monoisotopic (exact) mass is 422 g/mol. The van der Waals surface area contributed by atoms with E-state index in [-0.39, 0.29) is 12.6 Å². The van der Waals surface area contributed by atoms with Crippen molar-refractivity contribution in [1.29, 1.82) is 0 Å². The Morgan fingerprint density at radius 3 is 2.83 bits per heavy atom. The Bertz CT molecular complexity index is 1010. The number of fused-ring (bicyclic) bond motifs is 1. The van der Waals surface area contributed by atoms with Crippen molar-refractivity contribution >= 4 is 34.7 Å². The molecule has 158 valence electrons. The van der Waals surface area contributed by atoms with E-state index in [0.717, 1.165) is 36.5 Å². The van der Waals surface area contributed by atoms with Gasteiger partial charge in [0.2, 0.25) is 0 Å². The fourth-order valence-corrected chi connectivity index (χ4v) is 5.19. The van der Waals surface area contributed by atoms with E-state index in [2.05, 4.69) is 59.9 Å². The summed E-state index contributed by atoms with van der Waals surface area (Å²) in [6.07, 6.45) is 6.73. The van der Waals surface area contributed by atoms with Crippen molar-refractivity contribution in [1.82, 2.24) is 4.98 Å². The summed E-state index contributed by atoms with van der Waals surface area (Å²) >= 11 is 1.76. The van der Waals surface area contributed by atoms with Gasteiger partial charge in [0, 0.05) is 23.0 Å². The summed E-state index contributed by atoms with van der Waals surface area (Å²) < 4.78 is 0. The number of nitrogens with zero attached hydrogens (tertiary/aromatic N) is 2. The van der Waals surface area contributed by atoms with Crippen molar-refractivity contribution in [2.75, 3.05) is 34.9 Å². The van der Waals surface area contributed by atoms with Crippen molar-refractivity contribution in [3.05, 3.63) is 35.4 Å². The summed E-state index contributed by atoms with van der Waals surface area (Å²) in [4.78, 5) is 8.64. The van der Waals surface area contributed by atoms with E-state index in [1.807, 2.05) is 0 Å². The molecule has 2 fully saturated rings. The summed E-state index contributed by atoms with van der Waals surface area (Å²) in [6, 6.07) is 9.37. The molecule has 1 saturated heterocycles. The first-order chi connectivity index (χ1) is 14.6. The van der Waals surface area contributed by atoms with Crippen LogP contribution >= 0.6 is 11.8 Å². The number of pyridine rings is 1. The lowest BCUT2D eigenvalue weighted by Gasteiger charge is -2.30. The van der Waals surface area contributed by atoms with Gasteiger partial charge in [0.15, 0.2) is 0 Å². The predicted molar refractivity (Wildman–Crippen MR) is 127 cm³/mol. The predicted octanol–water partition coefficient (Wildman–Crippen LogP) is 5.18. The van der Waals surface area contributed by atoms with E-state index in [1.54, 1.807) is 11.8 Å². The van der Waals surface area contributed by atoms with E-state index in [0.29, 0.717) is 6.04 Å². The third kappa shape index (κ3) is 3.46. The fraction of sp³-hybridized carbons (Fsp3) is 0.458. The molecule has 2 aromatic rings. The van der Waals surface area contributed by atoms with Crippen LogP contribution in [0.2, 0.25) is 0 Å². The Morgan fingerprint density at radius 1 is 1.30 bits per heavy atom. The van der Waals surface area contributed by atoms with Crippen molar-refractivity contribution in [2.45, 2.75) is 56.5 Å². The lowest BCUT2D eigenvalue weighted by atomic mass is 9.98. The molecule has 1 atom stereocenters. The molecule has 0 bridgehead atoms. The van der Waals surface area contributed by atoms with Gasteiger partial charge in [-0.3, -0.25) is 0 Å². The quantitative estimate of drug-likeness (QED) is 0.558. The van der Waals surface area contributed by atoms with Crippen LogP contribution < -0.4 is 15.5 Å². The third-order valence-electron chi connectivity index (χ3n) is 6.18. The van der Waals surface area contributed by atoms with E-state index in [4.69, 9.17) is 4.98 Å². The molecule has 2 aliphatic heterocycles. The number of hydrogen-bond acceptors (Lipinski definition) is 6. The lowest BCUT2D eigenvalue weighted by molar-refractivity contribution is 0.266. The van der Waals surface area contributed by atoms with Gasteiger partial charge in [-0.25, -0.2) is 4.98 Å². The molecule has 1 saturated carbocycles. The molecule has 3 aliphatic rings. The van der Waals surface area contributed by atoms with Gasteiger partial charge in [-0.05, 0) is 69.6 Å². The summed E-state index contributed by atoms with van der Waals surface area (Å²) in [5, 5.41) is 16.9. The maximum Gasteiger partial charge on any atom is 0.138 e. The average Bonchev–Trinajstić information content (AvgIpc) is 3.43. The number of allylic oxidation sites excluding steroid dienone is 1. The van der Waals surface area contributed by atoms with Crippen LogP contribution in [0.5, 0.6) is 0 Å². The first kappa shape index (κ1) is 19.8. The number of nitrogens with one attached hydrogen (secondary N) is 2. The molecular formula is C24H30N4OS. The highest BCUT2D eigenvalue weighted by atomic mass is 32.2. The van der Waals surface area contributed by atoms with Crippen LogP contribution in [0.3, 0.4) is 0 Å². The van der Waals surface area contributed by atoms with Crippen molar-refractivity contribution < 1.29 is 5.11 Å². The molecule has 1 aromatic heterocycles. The zero-order valence-corrected chi connectivity index (χ0v) is 18.8. The maximum absolute atomic E-state index is 9.75. The fourth-order valence-electron chi connectivity index (χ4n) is 4.55. The summed E-state index contributed by atoms with van der Waals surface area (Å²) in [5.74, 6) is 0.986. The molecule has 30 heavy (non-hydrogen) atoms. The van der Waals surface area contributed by atoms with E-state index >= 15 is 0 Å². The summed E-state index contributed by atoms with van der Waals surface area (Å²) in [5.41, 5.74) is 8.58. The Hall–Kier alpha value is -2.18. The summed E-state index contributed by atoms with van der Waals surface area (Å²) in [6.45, 7) is 5.55. The van der Waals surface area contributed by atoms with Crippen LogP contribution in [0.15, 0.2) is 34.7 Å². The minimum atomic E-state index is 0.218. The van der Waals surface area contributed by atoms with Crippen LogP contribution in [0.4, 0.5) is 17.2 Å². The van der Waals surface area contributed by atoms with Crippen LogP contribution in [0.1, 0.15) is 45.1 Å².